The molecule has 104 valence electrons. The van der Waals surface area contributed by atoms with Crippen LogP contribution in [-0.2, 0) is 4.79 Å². The molecule has 0 aromatic heterocycles. The van der Waals surface area contributed by atoms with Crippen molar-refractivity contribution >= 4 is 11.6 Å². The number of benzene rings is 2. The first-order chi connectivity index (χ1) is 9.72. The monoisotopic (exact) mass is 271 g/mol. The fraction of sp³-hybridized carbons (Fsp3) is 0.188. The smallest absolute Gasteiger partial charge is 0.264 e. The zero-order valence-electron chi connectivity index (χ0n) is 11.6. The van der Waals surface area contributed by atoms with Crippen LogP contribution in [0.5, 0.6) is 11.5 Å². The molecule has 0 saturated carbocycles. The van der Waals surface area contributed by atoms with E-state index in [1.54, 1.807) is 31.2 Å². The number of likely N-dealkylation sites (N-methyl/N-ethyl adjacent to an activating group) is 1. The van der Waals surface area contributed by atoms with Gasteiger partial charge in [0.25, 0.3) is 5.91 Å². The SMILES string of the molecule is COc1ccccc1OCC(=O)N(C)c1ccccc1. The van der Waals surface area contributed by atoms with E-state index >= 15 is 0 Å². The largest absolute Gasteiger partial charge is 0.493 e. The highest BCUT2D eigenvalue weighted by atomic mass is 16.5. The van der Waals surface area contributed by atoms with E-state index in [0.717, 1.165) is 5.69 Å². The third kappa shape index (κ3) is 3.29. The lowest BCUT2D eigenvalue weighted by Gasteiger charge is -2.18. The molecule has 20 heavy (non-hydrogen) atoms. The Hall–Kier alpha value is -2.49. The van der Waals surface area contributed by atoms with Gasteiger partial charge >= 0.3 is 0 Å². The number of anilines is 1. The maximum absolute atomic E-state index is 12.1. The van der Waals surface area contributed by atoms with Gasteiger partial charge in [0.15, 0.2) is 18.1 Å². The molecule has 0 unspecified atom stereocenters. The highest BCUT2D eigenvalue weighted by molar-refractivity contribution is 5.93. The Morgan fingerprint density at radius 3 is 2.25 bits per heavy atom. The standard InChI is InChI=1S/C16H17NO3/c1-17(13-8-4-3-5-9-13)16(18)12-20-15-11-7-6-10-14(15)19-2/h3-11H,12H2,1-2H3. The van der Waals surface area contributed by atoms with Crippen molar-refractivity contribution in [2.75, 3.05) is 25.7 Å². The number of para-hydroxylation sites is 3. The predicted molar refractivity (Wildman–Crippen MR) is 78.3 cm³/mol. The van der Waals surface area contributed by atoms with E-state index in [-0.39, 0.29) is 12.5 Å². The van der Waals surface area contributed by atoms with E-state index in [4.69, 9.17) is 9.47 Å². The van der Waals surface area contributed by atoms with E-state index in [1.165, 1.54) is 0 Å². The molecule has 0 atom stereocenters. The molecule has 2 aromatic carbocycles. The summed E-state index contributed by atoms with van der Waals surface area (Å²) in [6, 6.07) is 16.7. The van der Waals surface area contributed by atoms with E-state index < -0.39 is 0 Å². The molecule has 0 spiro atoms. The number of hydrogen-bond donors (Lipinski definition) is 0. The number of methoxy groups -OCH3 is 1. The molecule has 0 fully saturated rings. The zero-order valence-corrected chi connectivity index (χ0v) is 11.6. The lowest BCUT2D eigenvalue weighted by atomic mass is 10.3. The second-order valence-corrected chi connectivity index (χ2v) is 4.23. The number of nitrogens with zero attached hydrogens (tertiary/aromatic N) is 1. The van der Waals surface area contributed by atoms with Crippen LogP contribution >= 0.6 is 0 Å². The van der Waals surface area contributed by atoms with Crippen molar-refractivity contribution in [2.45, 2.75) is 0 Å². The average Bonchev–Trinajstić information content (AvgIpc) is 2.53. The second-order valence-electron chi connectivity index (χ2n) is 4.23. The summed E-state index contributed by atoms with van der Waals surface area (Å²) in [5.41, 5.74) is 0.834. The maximum atomic E-state index is 12.1. The molecule has 2 aromatic rings. The highest BCUT2D eigenvalue weighted by Crippen LogP contribution is 2.25. The van der Waals surface area contributed by atoms with Gasteiger partial charge in [-0.3, -0.25) is 4.79 Å². The number of rotatable bonds is 5. The summed E-state index contributed by atoms with van der Waals surface area (Å²) in [6.45, 7) is -0.0359. The van der Waals surface area contributed by atoms with E-state index in [9.17, 15) is 4.79 Å². The molecular weight excluding hydrogens is 254 g/mol. The van der Waals surface area contributed by atoms with Gasteiger partial charge in [-0.25, -0.2) is 0 Å². The summed E-state index contributed by atoms with van der Waals surface area (Å²) in [7, 11) is 3.30. The van der Waals surface area contributed by atoms with Crippen molar-refractivity contribution in [2.24, 2.45) is 0 Å². The fourth-order valence-electron chi connectivity index (χ4n) is 1.77. The molecule has 2 rings (SSSR count). The van der Waals surface area contributed by atoms with Crippen LogP contribution in [-0.4, -0.2) is 26.7 Å². The van der Waals surface area contributed by atoms with Gasteiger partial charge in [-0.2, -0.15) is 0 Å². The Kier molecular flexibility index (Phi) is 4.60. The Balaban J connectivity index is 1.99. The number of carbonyl (C=O) groups is 1. The maximum Gasteiger partial charge on any atom is 0.264 e. The van der Waals surface area contributed by atoms with Crippen LogP contribution in [0.1, 0.15) is 0 Å². The summed E-state index contributed by atoms with van der Waals surface area (Å²) >= 11 is 0. The van der Waals surface area contributed by atoms with Crippen molar-refractivity contribution in [3.63, 3.8) is 0 Å². The molecule has 0 aliphatic carbocycles. The predicted octanol–water partition coefficient (Wildman–Crippen LogP) is 2.74. The van der Waals surface area contributed by atoms with E-state index in [1.807, 2.05) is 42.5 Å². The number of amides is 1. The van der Waals surface area contributed by atoms with Crippen LogP contribution in [0.2, 0.25) is 0 Å². The van der Waals surface area contributed by atoms with Gasteiger partial charge in [0.05, 0.1) is 7.11 Å². The van der Waals surface area contributed by atoms with Gasteiger partial charge in [-0.15, -0.1) is 0 Å². The summed E-state index contributed by atoms with van der Waals surface area (Å²) < 4.78 is 10.7. The molecule has 1 amide bonds. The molecule has 0 saturated heterocycles. The minimum Gasteiger partial charge on any atom is -0.493 e. The first kappa shape index (κ1) is 13.9. The van der Waals surface area contributed by atoms with Gasteiger partial charge in [-0.1, -0.05) is 30.3 Å². The van der Waals surface area contributed by atoms with Gasteiger partial charge in [0.2, 0.25) is 0 Å². The molecular formula is C16H17NO3. The summed E-state index contributed by atoms with van der Waals surface area (Å²) in [5.74, 6) is 1.05. The normalized spacial score (nSPS) is 9.90. The summed E-state index contributed by atoms with van der Waals surface area (Å²) in [6.07, 6.45) is 0. The van der Waals surface area contributed by atoms with Crippen LogP contribution in [0.4, 0.5) is 5.69 Å². The molecule has 4 heteroatoms. The molecule has 4 nitrogen and oxygen atoms in total. The van der Waals surface area contributed by atoms with Crippen LogP contribution in [0.15, 0.2) is 54.6 Å². The lowest BCUT2D eigenvalue weighted by molar-refractivity contribution is -0.120. The number of hydrogen-bond acceptors (Lipinski definition) is 3. The van der Waals surface area contributed by atoms with Crippen LogP contribution in [0.25, 0.3) is 0 Å². The van der Waals surface area contributed by atoms with E-state index in [2.05, 4.69) is 0 Å². The van der Waals surface area contributed by atoms with Crippen LogP contribution in [0.3, 0.4) is 0 Å². The van der Waals surface area contributed by atoms with Crippen molar-refractivity contribution < 1.29 is 14.3 Å². The molecule has 0 heterocycles. The van der Waals surface area contributed by atoms with Crippen molar-refractivity contribution in [1.29, 1.82) is 0 Å². The molecule has 0 aliphatic rings. The minimum absolute atomic E-state index is 0.0359. The van der Waals surface area contributed by atoms with Crippen molar-refractivity contribution in [3.05, 3.63) is 54.6 Å². The number of ether oxygens (including phenoxy) is 2. The quantitative estimate of drug-likeness (QED) is 0.839. The Morgan fingerprint density at radius 1 is 1.00 bits per heavy atom. The molecule has 0 radical (unpaired) electrons. The van der Waals surface area contributed by atoms with Gasteiger partial charge in [0.1, 0.15) is 0 Å². The van der Waals surface area contributed by atoms with Gasteiger partial charge in [0, 0.05) is 12.7 Å². The summed E-state index contributed by atoms with van der Waals surface area (Å²) in [4.78, 5) is 13.6. The lowest BCUT2D eigenvalue weighted by Crippen LogP contribution is -2.31. The van der Waals surface area contributed by atoms with Crippen molar-refractivity contribution in [1.82, 2.24) is 0 Å². The van der Waals surface area contributed by atoms with E-state index in [0.29, 0.717) is 11.5 Å². The first-order valence-electron chi connectivity index (χ1n) is 6.30. The summed E-state index contributed by atoms with van der Waals surface area (Å²) in [5, 5.41) is 0. The first-order valence-corrected chi connectivity index (χ1v) is 6.30. The van der Waals surface area contributed by atoms with Gasteiger partial charge < -0.3 is 14.4 Å². The van der Waals surface area contributed by atoms with Crippen LogP contribution in [0, 0.1) is 0 Å². The number of carbonyl (C=O) groups excluding carboxylic acids is 1. The second kappa shape index (κ2) is 6.61. The van der Waals surface area contributed by atoms with Crippen LogP contribution < -0.4 is 14.4 Å². The molecule has 0 N–H and O–H groups in total. The Morgan fingerprint density at radius 2 is 1.60 bits per heavy atom. The Bertz CT molecular complexity index is 569. The van der Waals surface area contributed by atoms with Gasteiger partial charge in [-0.05, 0) is 24.3 Å². The zero-order chi connectivity index (χ0) is 14.4. The molecule has 0 bridgehead atoms. The minimum atomic E-state index is -0.123. The topological polar surface area (TPSA) is 38.8 Å². The fourth-order valence-corrected chi connectivity index (χ4v) is 1.77. The Labute approximate surface area is 118 Å². The highest BCUT2D eigenvalue weighted by Gasteiger charge is 2.12. The average molecular weight is 271 g/mol. The third-order valence-electron chi connectivity index (χ3n) is 2.94. The molecule has 0 aliphatic heterocycles. The van der Waals surface area contributed by atoms with Crippen molar-refractivity contribution in [3.8, 4) is 11.5 Å². The third-order valence-corrected chi connectivity index (χ3v) is 2.94.